The van der Waals surface area contributed by atoms with Gasteiger partial charge in [0.25, 0.3) is 0 Å². The second-order valence-electron chi connectivity index (χ2n) is 6.00. The number of rotatable bonds is 4. The summed E-state index contributed by atoms with van der Waals surface area (Å²) in [7, 11) is 0. The second-order valence-corrected chi connectivity index (χ2v) is 6.00. The number of urea groups is 1. The number of hydrogen-bond donors (Lipinski definition) is 1. The summed E-state index contributed by atoms with van der Waals surface area (Å²) in [4.78, 5) is 14.2. The maximum Gasteiger partial charge on any atom is 0.317 e. The van der Waals surface area contributed by atoms with E-state index < -0.39 is 0 Å². The summed E-state index contributed by atoms with van der Waals surface area (Å²) in [5.41, 5.74) is 0. The molecule has 0 radical (unpaired) electrons. The number of carbonyl (C=O) groups excluding carboxylic acids is 1. The van der Waals surface area contributed by atoms with E-state index in [4.69, 9.17) is 4.74 Å². The Morgan fingerprint density at radius 1 is 1.33 bits per heavy atom. The molecule has 1 aliphatic heterocycles. The molecular formula is C14H24N2O2. The van der Waals surface area contributed by atoms with Crippen molar-refractivity contribution in [1.82, 2.24) is 10.2 Å². The van der Waals surface area contributed by atoms with Crippen LogP contribution in [0.5, 0.6) is 0 Å². The fourth-order valence-electron chi connectivity index (χ4n) is 2.92. The number of nitrogens with one attached hydrogen (secondary N) is 1. The molecule has 18 heavy (non-hydrogen) atoms. The number of morpholine rings is 1. The molecule has 3 fully saturated rings. The van der Waals surface area contributed by atoms with Gasteiger partial charge in [-0.25, -0.2) is 4.79 Å². The van der Waals surface area contributed by atoms with Crippen LogP contribution < -0.4 is 5.32 Å². The van der Waals surface area contributed by atoms with Crippen molar-refractivity contribution in [2.45, 2.75) is 51.2 Å². The Bertz CT molecular complexity index is 301. The van der Waals surface area contributed by atoms with Gasteiger partial charge >= 0.3 is 6.03 Å². The molecular weight excluding hydrogens is 228 g/mol. The van der Waals surface area contributed by atoms with E-state index in [9.17, 15) is 4.79 Å². The van der Waals surface area contributed by atoms with Crippen LogP contribution in [-0.2, 0) is 4.74 Å². The van der Waals surface area contributed by atoms with Crippen molar-refractivity contribution in [2.24, 2.45) is 11.8 Å². The van der Waals surface area contributed by atoms with Crippen molar-refractivity contribution in [3.8, 4) is 0 Å². The Balaban J connectivity index is 1.53. The first kappa shape index (κ1) is 12.3. The van der Waals surface area contributed by atoms with Crippen LogP contribution in [-0.4, -0.2) is 42.8 Å². The molecule has 0 spiro atoms. The summed E-state index contributed by atoms with van der Waals surface area (Å²) >= 11 is 0. The van der Waals surface area contributed by atoms with Crippen molar-refractivity contribution in [3.05, 3.63) is 0 Å². The number of carbonyl (C=O) groups is 1. The van der Waals surface area contributed by atoms with Crippen molar-refractivity contribution in [3.63, 3.8) is 0 Å². The van der Waals surface area contributed by atoms with E-state index in [1.54, 1.807) is 0 Å². The molecule has 2 amide bonds. The minimum atomic E-state index is 0.139. The fourth-order valence-corrected chi connectivity index (χ4v) is 2.92. The SMILES string of the molecule is CC[C@H]1CN(C(=O)NC(C2CC2)C2CC2)CCO1. The summed E-state index contributed by atoms with van der Waals surface area (Å²) in [6.07, 6.45) is 6.44. The number of ether oxygens (including phenoxy) is 1. The Hall–Kier alpha value is -0.770. The minimum Gasteiger partial charge on any atom is -0.375 e. The predicted molar refractivity (Wildman–Crippen MR) is 69.4 cm³/mol. The van der Waals surface area contributed by atoms with Gasteiger partial charge in [-0.05, 0) is 43.9 Å². The third-order valence-electron chi connectivity index (χ3n) is 4.43. The molecule has 1 N–H and O–H groups in total. The predicted octanol–water partition coefficient (Wildman–Crippen LogP) is 2.00. The zero-order valence-corrected chi connectivity index (χ0v) is 11.2. The Morgan fingerprint density at radius 2 is 2.00 bits per heavy atom. The zero-order valence-electron chi connectivity index (χ0n) is 11.2. The first-order chi connectivity index (χ1) is 8.78. The quantitative estimate of drug-likeness (QED) is 0.831. The van der Waals surface area contributed by atoms with Crippen molar-refractivity contribution in [1.29, 1.82) is 0 Å². The lowest BCUT2D eigenvalue weighted by molar-refractivity contribution is -0.0158. The summed E-state index contributed by atoms with van der Waals surface area (Å²) < 4.78 is 5.61. The molecule has 2 saturated carbocycles. The molecule has 4 nitrogen and oxygen atoms in total. The third-order valence-corrected chi connectivity index (χ3v) is 4.43. The van der Waals surface area contributed by atoms with Crippen LogP contribution in [0.15, 0.2) is 0 Å². The van der Waals surface area contributed by atoms with Gasteiger partial charge in [0.2, 0.25) is 0 Å². The summed E-state index contributed by atoms with van der Waals surface area (Å²) in [6, 6.07) is 0.598. The lowest BCUT2D eigenvalue weighted by Gasteiger charge is -2.33. The smallest absolute Gasteiger partial charge is 0.317 e. The molecule has 2 aliphatic carbocycles. The van der Waals surface area contributed by atoms with E-state index in [2.05, 4.69) is 12.2 Å². The minimum absolute atomic E-state index is 0.139. The summed E-state index contributed by atoms with van der Waals surface area (Å²) in [6.45, 7) is 4.29. The molecule has 3 rings (SSSR count). The van der Waals surface area contributed by atoms with Gasteiger partial charge in [0.1, 0.15) is 0 Å². The second kappa shape index (κ2) is 5.08. The van der Waals surface area contributed by atoms with E-state index in [0.717, 1.165) is 31.3 Å². The van der Waals surface area contributed by atoms with Gasteiger partial charge < -0.3 is 15.0 Å². The van der Waals surface area contributed by atoms with Gasteiger partial charge in [-0.1, -0.05) is 6.92 Å². The molecule has 0 aromatic heterocycles. The van der Waals surface area contributed by atoms with Gasteiger partial charge in [0, 0.05) is 19.1 Å². The molecule has 3 aliphatic rings. The molecule has 0 aromatic rings. The van der Waals surface area contributed by atoms with E-state index >= 15 is 0 Å². The Labute approximate surface area is 109 Å². The van der Waals surface area contributed by atoms with E-state index in [0.29, 0.717) is 12.6 Å². The molecule has 0 unspecified atom stereocenters. The van der Waals surface area contributed by atoms with Crippen LogP contribution in [0.4, 0.5) is 4.79 Å². The number of nitrogens with zero attached hydrogens (tertiary/aromatic N) is 1. The van der Waals surface area contributed by atoms with Crippen LogP contribution in [0.25, 0.3) is 0 Å². The highest BCUT2D eigenvalue weighted by molar-refractivity contribution is 5.74. The van der Waals surface area contributed by atoms with Crippen molar-refractivity contribution < 1.29 is 9.53 Å². The van der Waals surface area contributed by atoms with Crippen LogP contribution in [0.1, 0.15) is 39.0 Å². The maximum atomic E-state index is 12.3. The largest absolute Gasteiger partial charge is 0.375 e. The first-order valence-electron chi connectivity index (χ1n) is 7.45. The third kappa shape index (κ3) is 2.79. The zero-order chi connectivity index (χ0) is 12.5. The highest BCUT2D eigenvalue weighted by Gasteiger charge is 2.42. The average Bonchev–Trinajstić information content (AvgIpc) is 3.29. The Kier molecular flexibility index (Phi) is 3.46. The van der Waals surface area contributed by atoms with Gasteiger partial charge in [-0.15, -0.1) is 0 Å². The molecule has 0 bridgehead atoms. The molecule has 1 atom stereocenters. The lowest BCUT2D eigenvalue weighted by atomic mass is 10.1. The molecule has 1 heterocycles. The monoisotopic (exact) mass is 252 g/mol. The van der Waals surface area contributed by atoms with Crippen LogP contribution in [0.2, 0.25) is 0 Å². The van der Waals surface area contributed by atoms with E-state index in [1.807, 2.05) is 4.90 Å². The first-order valence-corrected chi connectivity index (χ1v) is 7.45. The Morgan fingerprint density at radius 3 is 2.56 bits per heavy atom. The van der Waals surface area contributed by atoms with E-state index in [1.165, 1.54) is 25.7 Å². The van der Waals surface area contributed by atoms with Crippen LogP contribution in [0, 0.1) is 11.8 Å². The fraction of sp³-hybridized carbons (Fsp3) is 0.929. The topological polar surface area (TPSA) is 41.6 Å². The van der Waals surface area contributed by atoms with E-state index in [-0.39, 0.29) is 12.1 Å². The maximum absolute atomic E-state index is 12.3. The standard InChI is InChI=1S/C14H24N2O2/c1-2-12-9-16(7-8-18-12)14(17)15-13(10-3-4-10)11-5-6-11/h10-13H,2-9H2,1H3,(H,15,17)/t12-/m0/s1. The average molecular weight is 252 g/mol. The number of hydrogen-bond acceptors (Lipinski definition) is 2. The van der Waals surface area contributed by atoms with Crippen LogP contribution in [0.3, 0.4) is 0 Å². The lowest BCUT2D eigenvalue weighted by Crippen LogP contribution is -2.52. The van der Waals surface area contributed by atoms with Crippen LogP contribution >= 0.6 is 0 Å². The highest BCUT2D eigenvalue weighted by Crippen LogP contribution is 2.44. The number of amides is 2. The van der Waals surface area contributed by atoms with Gasteiger partial charge in [-0.2, -0.15) is 0 Å². The normalized spacial score (nSPS) is 28.6. The summed E-state index contributed by atoms with van der Waals surface area (Å²) in [5, 5.41) is 3.29. The molecule has 102 valence electrons. The van der Waals surface area contributed by atoms with Crippen molar-refractivity contribution >= 4 is 6.03 Å². The molecule has 4 heteroatoms. The summed E-state index contributed by atoms with van der Waals surface area (Å²) in [5.74, 6) is 1.54. The van der Waals surface area contributed by atoms with Gasteiger partial charge in [0.15, 0.2) is 0 Å². The molecule has 1 saturated heterocycles. The highest BCUT2D eigenvalue weighted by atomic mass is 16.5. The van der Waals surface area contributed by atoms with Gasteiger partial charge in [-0.3, -0.25) is 0 Å². The van der Waals surface area contributed by atoms with Gasteiger partial charge in [0.05, 0.1) is 12.7 Å². The molecule has 0 aromatic carbocycles. The van der Waals surface area contributed by atoms with Crippen molar-refractivity contribution in [2.75, 3.05) is 19.7 Å².